The van der Waals surface area contributed by atoms with Crippen LogP contribution in [-0.2, 0) is 4.79 Å². The molecule has 0 aliphatic rings. The molecule has 1 aromatic heterocycles. The van der Waals surface area contributed by atoms with Crippen molar-refractivity contribution in [3.63, 3.8) is 0 Å². The van der Waals surface area contributed by atoms with E-state index in [1.54, 1.807) is 36.4 Å². The summed E-state index contributed by atoms with van der Waals surface area (Å²) in [4.78, 5) is 12.2. The van der Waals surface area contributed by atoms with Gasteiger partial charge in [-0.25, -0.2) is 0 Å². The Morgan fingerprint density at radius 2 is 1.80 bits per heavy atom. The Hall–Kier alpha value is -2.12. The van der Waals surface area contributed by atoms with Crippen LogP contribution in [-0.4, -0.2) is 11.0 Å². The van der Waals surface area contributed by atoms with E-state index in [1.165, 1.54) is 6.08 Å². The summed E-state index contributed by atoms with van der Waals surface area (Å²) in [6.07, 6.45) is 2.91. The number of furan rings is 1. The number of anilines is 1. The molecule has 0 radical (unpaired) electrons. The van der Waals surface area contributed by atoms with Crippen LogP contribution in [0.25, 0.3) is 17.4 Å². The highest BCUT2D eigenvalue weighted by atomic mass is 79.9. The maximum Gasteiger partial charge on any atom is 0.250 e. The van der Waals surface area contributed by atoms with Gasteiger partial charge in [-0.3, -0.25) is 10.1 Å². The van der Waals surface area contributed by atoms with Gasteiger partial charge in [-0.05, 0) is 85.7 Å². The lowest BCUT2D eigenvalue weighted by atomic mass is 10.1. The molecule has 0 aliphatic carbocycles. The van der Waals surface area contributed by atoms with E-state index in [9.17, 15) is 4.79 Å². The standard InChI is InChI=1S/C22H17BrCl2N2O2S/c1-12-9-14(23)10-13(2)21(12)27-22(30)26-20(28)8-5-16-4-7-19(29-16)17-6-3-15(24)11-18(17)25/h3-11H,1-2H3,(H2,26,27,28,30)/b8-5+. The van der Waals surface area contributed by atoms with Gasteiger partial charge in [0.25, 0.3) is 0 Å². The van der Waals surface area contributed by atoms with Crippen molar-refractivity contribution >= 4 is 74.1 Å². The van der Waals surface area contributed by atoms with Crippen LogP contribution in [0.3, 0.4) is 0 Å². The molecule has 3 rings (SSSR count). The second-order valence-electron chi connectivity index (χ2n) is 6.52. The second-order valence-corrected chi connectivity index (χ2v) is 8.69. The summed E-state index contributed by atoms with van der Waals surface area (Å²) in [6.45, 7) is 3.93. The van der Waals surface area contributed by atoms with Crippen molar-refractivity contribution in [3.05, 3.63) is 79.9 Å². The molecule has 0 atom stereocenters. The fraction of sp³-hybridized carbons (Fsp3) is 0.0909. The molecule has 154 valence electrons. The number of hydrogen-bond acceptors (Lipinski definition) is 3. The number of benzene rings is 2. The maximum absolute atomic E-state index is 12.2. The monoisotopic (exact) mass is 522 g/mol. The van der Waals surface area contributed by atoms with Gasteiger partial charge in [-0.2, -0.15) is 0 Å². The summed E-state index contributed by atoms with van der Waals surface area (Å²) in [5.41, 5.74) is 3.61. The van der Waals surface area contributed by atoms with Crippen LogP contribution in [0.5, 0.6) is 0 Å². The first kappa shape index (κ1) is 22.6. The SMILES string of the molecule is Cc1cc(Br)cc(C)c1NC(=S)NC(=O)/C=C/c1ccc(-c2ccc(Cl)cc2Cl)o1. The normalized spacial score (nSPS) is 11.0. The third-order valence-corrected chi connectivity index (χ3v) is 5.40. The lowest BCUT2D eigenvalue weighted by Gasteiger charge is -2.14. The molecule has 2 aromatic carbocycles. The molecule has 2 N–H and O–H groups in total. The predicted molar refractivity (Wildman–Crippen MR) is 131 cm³/mol. The molecule has 0 fully saturated rings. The molecule has 0 saturated carbocycles. The van der Waals surface area contributed by atoms with Gasteiger partial charge in [-0.15, -0.1) is 0 Å². The van der Waals surface area contributed by atoms with E-state index in [1.807, 2.05) is 26.0 Å². The van der Waals surface area contributed by atoms with Crippen molar-refractivity contribution in [2.45, 2.75) is 13.8 Å². The van der Waals surface area contributed by atoms with E-state index in [0.717, 1.165) is 26.9 Å². The van der Waals surface area contributed by atoms with E-state index in [0.29, 0.717) is 21.6 Å². The van der Waals surface area contributed by atoms with Gasteiger partial charge in [0.15, 0.2) is 5.11 Å². The molecule has 4 nitrogen and oxygen atoms in total. The Kier molecular flexibility index (Phi) is 7.36. The fourth-order valence-electron chi connectivity index (χ4n) is 2.84. The highest BCUT2D eigenvalue weighted by Gasteiger charge is 2.10. The maximum atomic E-state index is 12.2. The third kappa shape index (κ3) is 5.73. The van der Waals surface area contributed by atoms with Gasteiger partial charge in [0.05, 0.1) is 5.02 Å². The fourth-order valence-corrected chi connectivity index (χ4v) is 4.23. The molecule has 3 aromatic rings. The first-order valence-corrected chi connectivity index (χ1v) is 10.8. The van der Waals surface area contributed by atoms with E-state index in [4.69, 9.17) is 39.8 Å². The minimum absolute atomic E-state index is 0.214. The van der Waals surface area contributed by atoms with E-state index >= 15 is 0 Å². The number of nitrogens with one attached hydrogen (secondary N) is 2. The number of aryl methyl sites for hydroxylation is 2. The zero-order chi connectivity index (χ0) is 21.8. The van der Waals surface area contributed by atoms with Crippen molar-refractivity contribution in [2.75, 3.05) is 5.32 Å². The van der Waals surface area contributed by atoms with Crippen molar-refractivity contribution in [3.8, 4) is 11.3 Å². The molecule has 0 unspecified atom stereocenters. The Balaban J connectivity index is 1.63. The topological polar surface area (TPSA) is 54.3 Å². The van der Waals surface area contributed by atoms with Crippen molar-refractivity contribution in [1.82, 2.24) is 5.32 Å². The van der Waals surface area contributed by atoms with Crippen LogP contribution in [0, 0.1) is 13.8 Å². The zero-order valence-electron chi connectivity index (χ0n) is 16.1. The predicted octanol–water partition coefficient (Wildman–Crippen LogP) is 7.16. The molecule has 1 amide bonds. The first-order valence-electron chi connectivity index (χ1n) is 8.85. The number of hydrogen-bond donors (Lipinski definition) is 2. The molecule has 0 bridgehead atoms. The summed E-state index contributed by atoms with van der Waals surface area (Å²) in [6, 6.07) is 12.6. The minimum atomic E-state index is -0.373. The molecular weight excluding hydrogens is 507 g/mol. The lowest BCUT2D eigenvalue weighted by molar-refractivity contribution is -0.115. The van der Waals surface area contributed by atoms with Gasteiger partial charge in [0.1, 0.15) is 11.5 Å². The minimum Gasteiger partial charge on any atom is -0.457 e. The van der Waals surface area contributed by atoms with Gasteiger partial charge in [-0.1, -0.05) is 39.1 Å². The van der Waals surface area contributed by atoms with E-state index < -0.39 is 0 Å². The first-order chi connectivity index (χ1) is 14.2. The lowest BCUT2D eigenvalue weighted by Crippen LogP contribution is -2.33. The smallest absolute Gasteiger partial charge is 0.250 e. The number of amides is 1. The Morgan fingerprint density at radius 1 is 1.10 bits per heavy atom. The van der Waals surface area contributed by atoms with Crippen molar-refractivity contribution < 1.29 is 9.21 Å². The third-order valence-electron chi connectivity index (χ3n) is 4.20. The van der Waals surface area contributed by atoms with Crippen LogP contribution in [0.2, 0.25) is 10.0 Å². The average molecular weight is 524 g/mol. The van der Waals surface area contributed by atoms with Crippen LogP contribution < -0.4 is 10.6 Å². The molecule has 0 aliphatic heterocycles. The molecule has 30 heavy (non-hydrogen) atoms. The highest BCUT2D eigenvalue weighted by molar-refractivity contribution is 9.10. The van der Waals surface area contributed by atoms with Crippen LogP contribution in [0.15, 0.2) is 57.4 Å². The van der Waals surface area contributed by atoms with E-state index in [2.05, 4.69) is 26.6 Å². The summed E-state index contributed by atoms with van der Waals surface area (Å²) in [5, 5.41) is 6.94. The Labute approximate surface area is 198 Å². The van der Waals surface area contributed by atoms with Gasteiger partial charge in [0.2, 0.25) is 5.91 Å². The van der Waals surface area contributed by atoms with E-state index in [-0.39, 0.29) is 11.0 Å². The molecule has 0 saturated heterocycles. The van der Waals surface area contributed by atoms with Crippen molar-refractivity contribution in [2.24, 2.45) is 0 Å². The number of halogens is 3. The Bertz CT molecular complexity index is 1130. The molecule has 0 spiro atoms. The largest absolute Gasteiger partial charge is 0.457 e. The Morgan fingerprint density at radius 3 is 2.47 bits per heavy atom. The van der Waals surface area contributed by atoms with Gasteiger partial charge >= 0.3 is 0 Å². The summed E-state index contributed by atoms with van der Waals surface area (Å²) in [7, 11) is 0. The second kappa shape index (κ2) is 9.79. The summed E-state index contributed by atoms with van der Waals surface area (Å²) >= 11 is 20.8. The zero-order valence-corrected chi connectivity index (χ0v) is 20.0. The number of carbonyl (C=O) groups is 1. The summed E-state index contributed by atoms with van der Waals surface area (Å²) in [5.74, 6) is 0.710. The van der Waals surface area contributed by atoms with Crippen LogP contribution in [0.1, 0.15) is 16.9 Å². The molecular formula is C22H17BrCl2N2O2S. The highest BCUT2D eigenvalue weighted by Crippen LogP contribution is 2.31. The average Bonchev–Trinajstić information content (AvgIpc) is 3.11. The number of rotatable bonds is 4. The summed E-state index contributed by atoms with van der Waals surface area (Å²) < 4.78 is 6.72. The van der Waals surface area contributed by atoms with Crippen LogP contribution >= 0.6 is 51.3 Å². The molecule has 8 heteroatoms. The van der Waals surface area contributed by atoms with Crippen molar-refractivity contribution in [1.29, 1.82) is 0 Å². The quantitative estimate of drug-likeness (QED) is 0.281. The number of carbonyl (C=O) groups excluding carboxylic acids is 1. The van der Waals surface area contributed by atoms with Gasteiger partial charge < -0.3 is 9.73 Å². The molecule has 1 heterocycles. The number of thiocarbonyl (C=S) groups is 1. The van der Waals surface area contributed by atoms with Crippen LogP contribution in [0.4, 0.5) is 5.69 Å². The van der Waals surface area contributed by atoms with Gasteiger partial charge in [0, 0.05) is 26.8 Å².